The highest BCUT2D eigenvalue weighted by Crippen LogP contribution is 2.28. The fourth-order valence-electron chi connectivity index (χ4n) is 1.75. The Morgan fingerprint density at radius 3 is 2.61 bits per heavy atom. The molecule has 0 spiro atoms. The van der Waals surface area contributed by atoms with Crippen LogP contribution in [0.15, 0.2) is 17.5 Å². The van der Waals surface area contributed by atoms with Gasteiger partial charge in [-0.2, -0.15) is 0 Å². The fraction of sp³-hybridized carbons (Fsp3) is 0.643. The van der Waals surface area contributed by atoms with E-state index in [4.69, 9.17) is 5.73 Å². The number of amides is 1. The lowest BCUT2D eigenvalue weighted by molar-refractivity contribution is -0.131. The molecule has 3 N–H and O–H groups in total. The second-order valence-electron chi connectivity index (χ2n) is 5.33. The van der Waals surface area contributed by atoms with Crippen LogP contribution < -0.4 is 11.1 Å². The van der Waals surface area contributed by atoms with Gasteiger partial charge in [0.2, 0.25) is 5.91 Å². The van der Waals surface area contributed by atoms with Gasteiger partial charge in [0.15, 0.2) is 0 Å². The Labute approximate surface area is 114 Å². The van der Waals surface area contributed by atoms with Crippen molar-refractivity contribution in [3.05, 3.63) is 22.4 Å². The zero-order valence-corrected chi connectivity index (χ0v) is 12.5. The molecule has 3 nitrogen and oxygen atoms in total. The van der Waals surface area contributed by atoms with Crippen LogP contribution in [0, 0.1) is 11.3 Å². The largest absolute Gasteiger partial charge is 0.348 e. The molecule has 1 rings (SSSR count). The zero-order chi connectivity index (χ0) is 13.8. The third-order valence-corrected chi connectivity index (χ3v) is 4.54. The van der Waals surface area contributed by atoms with Gasteiger partial charge in [0.05, 0.1) is 11.5 Å². The summed E-state index contributed by atoms with van der Waals surface area (Å²) >= 11 is 1.68. The van der Waals surface area contributed by atoms with E-state index in [1.54, 1.807) is 11.3 Å². The molecule has 1 aromatic rings. The maximum Gasteiger partial charge on any atom is 0.227 e. The maximum absolute atomic E-state index is 12.4. The normalized spacial score (nSPS) is 16.3. The third kappa shape index (κ3) is 3.33. The Balaban J connectivity index is 2.83. The molecule has 1 heterocycles. The summed E-state index contributed by atoms with van der Waals surface area (Å²) in [5, 5.41) is 5.19. The Morgan fingerprint density at radius 2 is 2.22 bits per heavy atom. The Kier molecular flexibility index (Phi) is 5.35. The van der Waals surface area contributed by atoms with Crippen molar-refractivity contribution in [3.63, 3.8) is 0 Å². The molecule has 0 saturated heterocycles. The van der Waals surface area contributed by atoms with Crippen molar-refractivity contribution < 1.29 is 4.79 Å². The first kappa shape index (κ1) is 15.2. The fourth-order valence-corrected chi connectivity index (χ4v) is 2.70. The molecule has 18 heavy (non-hydrogen) atoms. The van der Waals surface area contributed by atoms with Crippen LogP contribution in [0.5, 0.6) is 0 Å². The molecule has 0 aliphatic carbocycles. The van der Waals surface area contributed by atoms with E-state index in [1.165, 1.54) is 4.88 Å². The van der Waals surface area contributed by atoms with Gasteiger partial charge >= 0.3 is 0 Å². The molecule has 0 saturated carbocycles. The maximum atomic E-state index is 12.4. The summed E-state index contributed by atoms with van der Waals surface area (Å²) in [6, 6.07) is 4.17. The van der Waals surface area contributed by atoms with E-state index in [-0.39, 0.29) is 11.9 Å². The van der Waals surface area contributed by atoms with Crippen LogP contribution in [0.1, 0.15) is 45.0 Å². The number of thiophene rings is 1. The van der Waals surface area contributed by atoms with Crippen molar-refractivity contribution in [2.75, 3.05) is 6.54 Å². The molecular formula is C14H24N2OS. The average Bonchev–Trinajstić information content (AvgIpc) is 2.87. The smallest absolute Gasteiger partial charge is 0.227 e. The summed E-state index contributed by atoms with van der Waals surface area (Å²) in [5.41, 5.74) is 5.26. The van der Waals surface area contributed by atoms with Gasteiger partial charge in [-0.3, -0.25) is 4.79 Å². The van der Waals surface area contributed by atoms with E-state index in [0.717, 1.165) is 6.42 Å². The van der Waals surface area contributed by atoms with Crippen molar-refractivity contribution in [1.82, 2.24) is 5.32 Å². The molecule has 0 radical (unpaired) electrons. The molecule has 0 bridgehead atoms. The van der Waals surface area contributed by atoms with E-state index in [2.05, 4.69) is 25.2 Å². The van der Waals surface area contributed by atoms with Gasteiger partial charge in [0.25, 0.3) is 0 Å². The second-order valence-corrected chi connectivity index (χ2v) is 6.31. The van der Waals surface area contributed by atoms with Crippen LogP contribution in [0.2, 0.25) is 0 Å². The van der Waals surface area contributed by atoms with Crippen molar-refractivity contribution in [3.8, 4) is 0 Å². The van der Waals surface area contributed by atoms with E-state index in [9.17, 15) is 4.79 Å². The van der Waals surface area contributed by atoms with Crippen molar-refractivity contribution in [2.45, 2.75) is 40.2 Å². The molecule has 0 aliphatic rings. The Bertz CT molecular complexity index is 369. The van der Waals surface area contributed by atoms with Crippen LogP contribution >= 0.6 is 11.3 Å². The van der Waals surface area contributed by atoms with E-state index in [0.29, 0.717) is 12.5 Å². The summed E-state index contributed by atoms with van der Waals surface area (Å²) in [7, 11) is 0. The number of rotatable bonds is 6. The van der Waals surface area contributed by atoms with Gasteiger partial charge < -0.3 is 11.1 Å². The average molecular weight is 268 g/mol. The third-order valence-electron chi connectivity index (χ3n) is 3.58. The molecule has 1 aromatic heterocycles. The molecule has 0 aliphatic heterocycles. The molecule has 2 unspecified atom stereocenters. The van der Waals surface area contributed by atoms with Crippen molar-refractivity contribution >= 4 is 17.2 Å². The highest BCUT2D eigenvalue weighted by Gasteiger charge is 2.32. The van der Waals surface area contributed by atoms with Gasteiger partial charge in [-0.05, 0) is 30.7 Å². The Hall–Kier alpha value is -0.870. The number of carbonyl (C=O) groups is 1. The summed E-state index contributed by atoms with van der Waals surface area (Å²) in [6.07, 6.45) is 0.755. The number of carbonyl (C=O) groups excluding carboxylic acids is 1. The van der Waals surface area contributed by atoms with Crippen LogP contribution in [-0.4, -0.2) is 12.5 Å². The topological polar surface area (TPSA) is 55.1 Å². The quantitative estimate of drug-likeness (QED) is 0.833. The molecule has 0 aromatic carbocycles. The second kappa shape index (κ2) is 6.34. The van der Waals surface area contributed by atoms with Crippen molar-refractivity contribution in [1.29, 1.82) is 0 Å². The highest BCUT2D eigenvalue weighted by atomic mass is 32.1. The summed E-state index contributed by atoms with van der Waals surface area (Å²) < 4.78 is 0. The molecule has 1 amide bonds. The predicted molar refractivity (Wildman–Crippen MR) is 77.5 cm³/mol. The standard InChI is InChI=1S/C14H24N2OS/c1-5-14(4,9-15)13(17)16-12(10(2)3)11-7-6-8-18-11/h6-8,10,12H,5,9,15H2,1-4H3,(H,16,17). The van der Waals surface area contributed by atoms with Gasteiger partial charge in [0.1, 0.15) is 0 Å². The molecule has 4 heteroatoms. The minimum atomic E-state index is -0.468. The molecular weight excluding hydrogens is 244 g/mol. The lowest BCUT2D eigenvalue weighted by atomic mass is 9.86. The number of hydrogen-bond donors (Lipinski definition) is 2. The lowest BCUT2D eigenvalue weighted by Crippen LogP contribution is -2.45. The minimum absolute atomic E-state index is 0.0552. The molecule has 2 atom stereocenters. The Morgan fingerprint density at radius 1 is 1.56 bits per heavy atom. The summed E-state index contributed by atoms with van der Waals surface area (Å²) in [5.74, 6) is 0.422. The van der Waals surface area contributed by atoms with E-state index < -0.39 is 5.41 Å². The first-order valence-corrected chi connectivity index (χ1v) is 7.37. The van der Waals surface area contributed by atoms with Crippen molar-refractivity contribution in [2.24, 2.45) is 17.1 Å². The first-order chi connectivity index (χ1) is 8.44. The SMILES string of the molecule is CCC(C)(CN)C(=O)NC(c1cccs1)C(C)C. The lowest BCUT2D eigenvalue weighted by Gasteiger charge is -2.29. The zero-order valence-electron chi connectivity index (χ0n) is 11.7. The molecule has 0 fully saturated rings. The van der Waals surface area contributed by atoms with Crippen LogP contribution in [0.4, 0.5) is 0 Å². The summed E-state index contributed by atoms with van der Waals surface area (Å²) in [6.45, 7) is 8.55. The first-order valence-electron chi connectivity index (χ1n) is 6.49. The van der Waals surface area contributed by atoms with Crippen LogP contribution in [-0.2, 0) is 4.79 Å². The van der Waals surface area contributed by atoms with Gasteiger partial charge in [-0.25, -0.2) is 0 Å². The predicted octanol–water partition coefficient (Wildman–Crippen LogP) is 2.94. The van der Waals surface area contributed by atoms with Gasteiger partial charge in [-0.1, -0.05) is 26.8 Å². The van der Waals surface area contributed by atoms with E-state index >= 15 is 0 Å². The number of nitrogens with two attached hydrogens (primary N) is 1. The minimum Gasteiger partial charge on any atom is -0.348 e. The summed E-state index contributed by atoms with van der Waals surface area (Å²) in [4.78, 5) is 13.6. The van der Waals surface area contributed by atoms with Crippen LogP contribution in [0.3, 0.4) is 0 Å². The number of hydrogen-bond acceptors (Lipinski definition) is 3. The molecule has 102 valence electrons. The highest BCUT2D eigenvalue weighted by molar-refractivity contribution is 7.10. The van der Waals surface area contributed by atoms with E-state index in [1.807, 2.05) is 25.3 Å². The monoisotopic (exact) mass is 268 g/mol. The number of nitrogens with one attached hydrogen (secondary N) is 1. The van der Waals surface area contributed by atoms with Gasteiger partial charge in [-0.15, -0.1) is 11.3 Å². The van der Waals surface area contributed by atoms with Crippen LogP contribution in [0.25, 0.3) is 0 Å². The van der Waals surface area contributed by atoms with Gasteiger partial charge in [0, 0.05) is 11.4 Å².